The van der Waals surface area contributed by atoms with E-state index >= 15 is 0 Å². The minimum Gasteiger partial charge on any atom is -0.508 e. The van der Waals surface area contributed by atoms with Crippen molar-refractivity contribution in [2.75, 3.05) is 18.8 Å². The van der Waals surface area contributed by atoms with Crippen LogP contribution in [0.1, 0.15) is 48.5 Å². The molecule has 5 N–H and O–H groups in total. The first-order chi connectivity index (χ1) is 20.1. The fourth-order valence-corrected chi connectivity index (χ4v) is 4.55. The van der Waals surface area contributed by atoms with Gasteiger partial charge in [0, 0.05) is 42.2 Å². The number of rotatable bonds is 5. The molecule has 0 saturated carbocycles. The number of benzene rings is 2. The maximum atomic E-state index is 12.9. The van der Waals surface area contributed by atoms with Gasteiger partial charge < -0.3 is 30.6 Å². The van der Waals surface area contributed by atoms with Crippen molar-refractivity contribution in [3.05, 3.63) is 65.9 Å². The number of ether oxygens (including phenoxy) is 1. The molecule has 3 heterocycles. The van der Waals surface area contributed by atoms with Gasteiger partial charge in [-0.15, -0.1) is 13.2 Å². The number of imidazole rings is 1. The molecule has 5 rings (SSSR count). The molecule has 43 heavy (non-hydrogen) atoms. The number of fused-ring (bicyclic) bond motifs is 1. The van der Waals surface area contributed by atoms with Crippen molar-refractivity contribution < 1.29 is 42.1 Å². The number of nitrogens with two attached hydrogens (primary N) is 1. The maximum absolute atomic E-state index is 12.9. The number of nitrogens with one attached hydrogen (secondary N) is 1. The number of piperidine rings is 1. The number of nitrogens with zero attached hydrogens (tertiary/aromatic N) is 3. The highest BCUT2D eigenvalue weighted by molar-refractivity contribution is 5.94. The van der Waals surface area contributed by atoms with Gasteiger partial charge in [0.05, 0.1) is 5.52 Å². The molecule has 1 saturated heterocycles. The number of phenolic OH excluding ortho intramolecular Hbond substituents is 1. The van der Waals surface area contributed by atoms with E-state index in [1.165, 1.54) is 18.2 Å². The SMILES string of the molecule is CC(C)(F)C(=O)O.Nc1cc(O)cc(-c2nc3nccc(C4CCN(C(=O)c5ccc(OC(F)(F)F)cc5)CC4)c3[nH]2)c1. The molecule has 1 aliphatic heterocycles. The number of phenols is 1. The van der Waals surface area contributed by atoms with Crippen LogP contribution in [-0.2, 0) is 4.79 Å². The number of carbonyl (C=O) groups excluding carboxylic acids is 1. The number of anilines is 1. The number of amides is 1. The second-order valence-electron chi connectivity index (χ2n) is 10.4. The summed E-state index contributed by atoms with van der Waals surface area (Å²) in [4.78, 5) is 36.4. The fourth-order valence-electron chi connectivity index (χ4n) is 4.55. The third-order valence-corrected chi connectivity index (χ3v) is 6.70. The summed E-state index contributed by atoms with van der Waals surface area (Å²) in [6.45, 7) is 2.99. The minimum absolute atomic E-state index is 0.0400. The van der Waals surface area contributed by atoms with Crippen LogP contribution in [0.2, 0.25) is 0 Å². The summed E-state index contributed by atoms with van der Waals surface area (Å²) in [6.07, 6.45) is -1.68. The average molecular weight is 604 g/mol. The molecule has 10 nitrogen and oxygen atoms in total. The standard InChI is InChI=1S/C25H22F3N5O3.C4H7FO2/c26-25(27,28)36-19-3-1-15(2-4-19)24(35)33-9-6-14(7-10-33)20-5-8-30-23-21(20)31-22(32-23)16-11-17(29)13-18(34)12-16;1-4(2,5)3(6)7/h1-5,8,11-14,34H,6-7,9-10,29H2,(H,30,31,32);1-2H3,(H,6,7). The lowest BCUT2D eigenvalue weighted by Gasteiger charge is -2.32. The van der Waals surface area contributed by atoms with E-state index < -0.39 is 18.0 Å². The number of pyridine rings is 1. The Morgan fingerprint density at radius 3 is 2.23 bits per heavy atom. The van der Waals surface area contributed by atoms with Crippen LogP contribution in [0.25, 0.3) is 22.6 Å². The Labute approximate surface area is 243 Å². The number of carbonyl (C=O) groups is 2. The number of carboxylic acid groups (broad SMARTS) is 1. The van der Waals surface area contributed by atoms with Crippen LogP contribution in [-0.4, -0.2) is 67.1 Å². The molecule has 0 radical (unpaired) electrons. The Hall–Kier alpha value is -4.88. The van der Waals surface area contributed by atoms with Gasteiger partial charge in [-0.2, -0.15) is 0 Å². The molecule has 0 unspecified atom stereocenters. The zero-order valence-electron chi connectivity index (χ0n) is 23.2. The predicted molar refractivity (Wildman–Crippen MR) is 149 cm³/mol. The Morgan fingerprint density at radius 2 is 1.67 bits per heavy atom. The Kier molecular flexibility index (Phi) is 8.78. The second-order valence-corrected chi connectivity index (χ2v) is 10.4. The van der Waals surface area contributed by atoms with E-state index in [1.807, 2.05) is 6.07 Å². The summed E-state index contributed by atoms with van der Waals surface area (Å²) < 4.78 is 52.9. The first-order valence-electron chi connectivity index (χ1n) is 13.1. The van der Waals surface area contributed by atoms with E-state index in [1.54, 1.807) is 23.2 Å². The lowest BCUT2D eigenvalue weighted by atomic mass is 9.89. The molecular formula is C29H29F4N5O5. The van der Waals surface area contributed by atoms with Gasteiger partial charge in [-0.05, 0) is 80.6 Å². The molecule has 14 heteroatoms. The third kappa shape index (κ3) is 7.90. The number of likely N-dealkylation sites (tertiary alicyclic amines) is 1. The van der Waals surface area contributed by atoms with Gasteiger partial charge in [-0.1, -0.05) is 0 Å². The van der Waals surface area contributed by atoms with Gasteiger partial charge in [0.25, 0.3) is 5.91 Å². The monoisotopic (exact) mass is 603 g/mol. The van der Waals surface area contributed by atoms with E-state index in [2.05, 4.69) is 19.7 Å². The van der Waals surface area contributed by atoms with Crippen LogP contribution in [0.5, 0.6) is 11.5 Å². The highest BCUT2D eigenvalue weighted by Crippen LogP contribution is 2.34. The number of aliphatic carboxylic acids is 1. The lowest BCUT2D eigenvalue weighted by Crippen LogP contribution is -2.38. The van der Waals surface area contributed by atoms with Crippen molar-refractivity contribution >= 4 is 28.7 Å². The van der Waals surface area contributed by atoms with Crippen LogP contribution in [0.15, 0.2) is 54.7 Å². The first-order valence-corrected chi connectivity index (χ1v) is 13.1. The Bertz CT molecular complexity index is 1590. The molecule has 4 aromatic rings. The van der Waals surface area contributed by atoms with Gasteiger partial charge in [0.1, 0.15) is 17.3 Å². The van der Waals surface area contributed by atoms with Crippen molar-refractivity contribution in [1.29, 1.82) is 0 Å². The topological polar surface area (TPSA) is 155 Å². The predicted octanol–water partition coefficient (Wildman–Crippen LogP) is 5.65. The number of H-pyrrole nitrogens is 1. The van der Waals surface area contributed by atoms with E-state index in [-0.39, 0.29) is 23.3 Å². The number of carboxylic acids is 1. The lowest BCUT2D eigenvalue weighted by molar-refractivity contribution is -0.274. The zero-order chi connectivity index (χ0) is 31.5. The van der Waals surface area contributed by atoms with Crippen molar-refractivity contribution in [3.63, 3.8) is 0 Å². The van der Waals surface area contributed by atoms with Crippen molar-refractivity contribution in [1.82, 2.24) is 19.9 Å². The molecule has 0 spiro atoms. The van der Waals surface area contributed by atoms with Gasteiger partial charge in [-0.25, -0.2) is 19.2 Å². The van der Waals surface area contributed by atoms with Gasteiger partial charge in [0.2, 0.25) is 5.67 Å². The van der Waals surface area contributed by atoms with Gasteiger partial charge in [0.15, 0.2) is 5.65 Å². The van der Waals surface area contributed by atoms with E-state index in [0.29, 0.717) is 54.2 Å². The molecule has 1 aliphatic rings. The average Bonchev–Trinajstić information content (AvgIpc) is 3.37. The number of halogens is 4. The van der Waals surface area contributed by atoms with Crippen LogP contribution in [0.3, 0.4) is 0 Å². The van der Waals surface area contributed by atoms with Crippen molar-refractivity contribution in [2.45, 2.75) is 44.6 Å². The number of hydrogen-bond acceptors (Lipinski definition) is 7. The highest BCUT2D eigenvalue weighted by atomic mass is 19.4. The van der Waals surface area contributed by atoms with Crippen LogP contribution < -0.4 is 10.5 Å². The maximum Gasteiger partial charge on any atom is 0.573 e. The molecule has 228 valence electrons. The van der Waals surface area contributed by atoms with E-state index in [0.717, 1.165) is 37.1 Å². The summed E-state index contributed by atoms with van der Waals surface area (Å²) in [5.41, 5.74) is 7.50. The molecule has 0 bridgehead atoms. The molecule has 2 aromatic heterocycles. The smallest absolute Gasteiger partial charge is 0.508 e. The Morgan fingerprint density at radius 1 is 1.05 bits per heavy atom. The molecule has 2 aromatic carbocycles. The highest BCUT2D eigenvalue weighted by Gasteiger charge is 2.31. The van der Waals surface area contributed by atoms with Gasteiger partial charge >= 0.3 is 12.3 Å². The van der Waals surface area contributed by atoms with Crippen LogP contribution >= 0.6 is 0 Å². The first kappa shape index (κ1) is 31.1. The number of nitrogen functional groups attached to an aromatic ring is 1. The number of hydrogen-bond donors (Lipinski definition) is 4. The summed E-state index contributed by atoms with van der Waals surface area (Å²) >= 11 is 0. The number of aromatic nitrogens is 3. The largest absolute Gasteiger partial charge is 0.573 e. The zero-order valence-corrected chi connectivity index (χ0v) is 23.2. The second kappa shape index (κ2) is 12.2. The molecular weight excluding hydrogens is 574 g/mol. The number of alkyl halides is 4. The van der Waals surface area contributed by atoms with Gasteiger partial charge in [-0.3, -0.25) is 4.79 Å². The van der Waals surface area contributed by atoms with Crippen molar-refractivity contribution in [2.24, 2.45) is 0 Å². The number of aromatic amines is 1. The summed E-state index contributed by atoms with van der Waals surface area (Å²) in [5, 5.41) is 17.8. The summed E-state index contributed by atoms with van der Waals surface area (Å²) in [6, 6.07) is 11.6. The fraction of sp³-hybridized carbons (Fsp3) is 0.310. The third-order valence-electron chi connectivity index (χ3n) is 6.70. The number of aromatic hydroxyl groups is 1. The normalized spacial score (nSPS) is 14.2. The molecule has 1 fully saturated rings. The van der Waals surface area contributed by atoms with Crippen LogP contribution in [0, 0.1) is 0 Å². The molecule has 0 atom stereocenters. The van der Waals surface area contributed by atoms with E-state index in [9.17, 15) is 32.3 Å². The molecule has 0 aliphatic carbocycles. The molecule has 1 amide bonds. The van der Waals surface area contributed by atoms with Crippen LogP contribution in [0.4, 0.5) is 23.2 Å². The summed E-state index contributed by atoms with van der Waals surface area (Å²) in [7, 11) is 0. The minimum atomic E-state index is -4.78. The quantitative estimate of drug-likeness (QED) is 0.169. The summed E-state index contributed by atoms with van der Waals surface area (Å²) in [5.74, 6) is -1.29. The Balaban J connectivity index is 0.000000541. The van der Waals surface area contributed by atoms with E-state index in [4.69, 9.17) is 10.8 Å². The van der Waals surface area contributed by atoms with Crippen molar-refractivity contribution in [3.8, 4) is 22.9 Å².